The molecule has 71 heavy (non-hydrogen) atoms. The van der Waals surface area contributed by atoms with Gasteiger partial charge in [-0.3, -0.25) is 0 Å². The molecule has 370 valence electrons. The molecule has 0 aliphatic heterocycles. The van der Waals surface area contributed by atoms with Crippen LogP contribution in [0.1, 0.15) is 237 Å². The van der Waals surface area contributed by atoms with E-state index < -0.39 is 0 Å². The van der Waals surface area contributed by atoms with E-state index in [9.17, 15) is 0 Å². The van der Waals surface area contributed by atoms with E-state index >= 15 is 0 Å². The normalized spacial score (nSPS) is 24.5. The van der Waals surface area contributed by atoms with Crippen LogP contribution in [0.3, 0.4) is 0 Å². The Morgan fingerprint density at radius 3 is 1.32 bits per heavy atom. The minimum absolute atomic E-state index is 0.265. The molecule has 0 radical (unpaired) electrons. The van der Waals surface area contributed by atoms with Crippen LogP contribution in [0.25, 0.3) is 22.3 Å². The summed E-state index contributed by atoms with van der Waals surface area (Å²) >= 11 is 0. The second-order valence-electron chi connectivity index (χ2n) is 23.7. The van der Waals surface area contributed by atoms with Gasteiger partial charge in [0.05, 0.1) is 0 Å². The predicted molar refractivity (Wildman–Crippen MR) is 304 cm³/mol. The molecule has 0 heterocycles. The quantitative estimate of drug-likeness (QED) is 0.125. The summed E-state index contributed by atoms with van der Waals surface area (Å²) in [5.41, 5.74) is 19.4. The van der Waals surface area contributed by atoms with Crippen LogP contribution in [0.5, 0.6) is 0 Å². The SMILES string of the molecule is CCC1CCCC(c2cc(-c3ccc(N(c4ccc(C5CCCCC5)cc4)c4ccc5c(c4)C(C)(c4ccc(C6CCCCC6)cc4)c4ccccc4-5)cc3)cc(C3CCCC(CC)CCC3)c2)CCC1. The number of nitrogens with zero attached hydrogens (tertiary/aromatic N) is 1. The molecule has 4 fully saturated rings. The maximum Gasteiger partial charge on any atom is 0.0465 e. The monoisotopic (exact) mass is 940 g/mol. The fourth-order valence-corrected chi connectivity index (χ4v) is 15.0. The molecule has 11 rings (SSSR count). The minimum atomic E-state index is -0.265. The van der Waals surface area contributed by atoms with Crippen LogP contribution < -0.4 is 4.90 Å². The molecular formula is C70H85N. The molecule has 1 atom stereocenters. The van der Waals surface area contributed by atoms with Gasteiger partial charge in [-0.15, -0.1) is 0 Å². The lowest BCUT2D eigenvalue weighted by molar-refractivity contribution is 0.347. The Morgan fingerprint density at radius 2 is 0.803 bits per heavy atom. The highest BCUT2D eigenvalue weighted by Gasteiger charge is 2.41. The average molecular weight is 940 g/mol. The van der Waals surface area contributed by atoms with E-state index in [0.29, 0.717) is 23.7 Å². The van der Waals surface area contributed by atoms with Gasteiger partial charge in [-0.1, -0.05) is 214 Å². The highest BCUT2D eigenvalue weighted by atomic mass is 15.1. The van der Waals surface area contributed by atoms with Crippen molar-refractivity contribution < 1.29 is 0 Å². The zero-order valence-corrected chi connectivity index (χ0v) is 44.1. The summed E-state index contributed by atoms with van der Waals surface area (Å²) in [7, 11) is 0. The third kappa shape index (κ3) is 10.2. The summed E-state index contributed by atoms with van der Waals surface area (Å²) in [6.45, 7) is 7.32. The zero-order chi connectivity index (χ0) is 48.2. The largest absolute Gasteiger partial charge is 0.310 e. The lowest BCUT2D eigenvalue weighted by Crippen LogP contribution is -2.23. The molecule has 6 aromatic rings. The highest BCUT2D eigenvalue weighted by molar-refractivity contribution is 5.87. The van der Waals surface area contributed by atoms with Crippen molar-refractivity contribution in [3.05, 3.63) is 172 Å². The molecule has 0 spiro atoms. The van der Waals surface area contributed by atoms with E-state index in [1.54, 1.807) is 11.1 Å². The van der Waals surface area contributed by atoms with Crippen molar-refractivity contribution in [2.24, 2.45) is 11.8 Å². The van der Waals surface area contributed by atoms with Gasteiger partial charge in [0.2, 0.25) is 0 Å². The maximum atomic E-state index is 2.70. The average Bonchev–Trinajstić information content (AvgIpc) is 3.67. The smallest absolute Gasteiger partial charge is 0.0465 e. The first-order valence-corrected chi connectivity index (χ1v) is 29.5. The molecule has 1 unspecified atom stereocenters. The number of rotatable bonds is 11. The van der Waals surface area contributed by atoms with Gasteiger partial charge in [-0.05, 0) is 191 Å². The topological polar surface area (TPSA) is 3.24 Å². The minimum Gasteiger partial charge on any atom is -0.310 e. The Hall–Kier alpha value is -4.88. The molecule has 6 aromatic carbocycles. The number of hydrogen-bond donors (Lipinski definition) is 0. The number of hydrogen-bond acceptors (Lipinski definition) is 1. The van der Waals surface area contributed by atoms with Gasteiger partial charge < -0.3 is 4.90 Å². The maximum absolute atomic E-state index is 2.70. The van der Waals surface area contributed by atoms with Gasteiger partial charge in [-0.25, -0.2) is 0 Å². The molecule has 1 heteroatoms. The lowest BCUT2D eigenvalue weighted by Gasteiger charge is -2.31. The summed E-state index contributed by atoms with van der Waals surface area (Å²) in [6, 6.07) is 54.0. The first kappa shape index (κ1) is 48.4. The van der Waals surface area contributed by atoms with Crippen LogP contribution in [-0.4, -0.2) is 0 Å². The van der Waals surface area contributed by atoms with Gasteiger partial charge in [0.25, 0.3) is 0 Å². The summed E-state index contributed by atoms with van der Waals surface area (Å²) in [5, 5.41) is 0. The van der Waals surface area contributed by atoms with Crippen molar-refractivity contribution in [2.45, 2.75) is 204 Å². The van der Waals surface area contributed by atoms with Gasteiger partial charge >= 0.3 is 0 Å². The van der Waals surface area contributed by atoms with Gasteiger partial charge in [0.1, 0.15) is 0 Å². The van der Waals surface area contributed by atoms with Gasteiger partial charge in [0.15, 0.2) is 0 Å². The van der Waals surface area contributed by atoms with Crippen LogP contribution in [0.4, 0.5) is 17.1 Å². The highest BCUT2D eigenvalue weighted by Crippen LogP contribution is 2.54. The number of benzene rings is 6. The summed E-state index contributed by atoms with van der Waals surface area (Å²) in [6.07, 6.45) is 32.7. The van der Waals surface area contributed by atoms with E-state index in [2.05, 4.69) is 159 Å². The van der Waals surface area contributed by atoms with Crippen LogP contribution >= 0.6 is 0 Å². The van der Waals surface area contributed by atoms with Gasteiger partial charge in [-0.2, -0.15) is 0 Å². The third-order valence-electron chi connectivity index (χ3n) is 19.5. The van der Waals surface area contributed by atoms with E-state index in [4.69, 9.17) is 0 Å². The fraction of sp³-hybridized carbons (Fsp3) is 0.486. The molecular weight excluding hydrogens is 855 g/mol. The lowest BCUT2D eigenvalue weighted by atomic mass is 9.73. The standard InChI is InChI=1S/C70H85N/c1-4-50-18-14-26-54(27-15-19-50)59-46-60(55-28-16-20-51(5-2)21-17-29-55)48-61(47-59)58-36-42-64(43-37-58)71(63-40-34-57(35-41-63)53-24-10-7-11-25-53)65-44-45-67-66-30-12-13-31-68(66)70(3,69(67)49-65)62-38-32-56(33-39-62)52-22-8-6-9-23-52/h12-13,30-55H,4-11,14-29H2,1-3H3. The number of fused-ring (bicyclic) bond motifs is 3. The molecule has 1 nitrogen and oxygen atoms in total. The second kappa shape index (κ2) is 22.1. The Labute approximate surface area is 430 Å². The second-order valence-corrected chi connectivity index (χ2v) is 23.7. The van der Waals surface area contributed by atoms with Crippen LogP contribution in [-0.2, 0) is 5.41 Å². The zero-order valence-electron chi connectivity index (χ0n) is 44.1. The van der Waals surface area contributed by atoms with Crippen molar-refractivity contribution >= 4 is 17.1 Å². The van der Waals surface area contributed by atoms with Crippen molar-refractivity contribution in [1.82, 2.24) is 0 Å². The molecule has 0 aromatic heterocycles. The van der Waals surface area contributed by atoms with Crippen LogP contribution in [0.2, 0.25) is 0 Å². The molecule has 0 bridgehead atoms. The first-order valence-electron chi connectivity index (χ1n) is 29.5. The third-order valence-corrected chi connectivity index (χ3v) is 19.5. The number of anilines is 3. The molecule has 0 amide bonds. The summed E-state index contributed by atoms with van der Waals surface area (Å²) in [5.74, 6) is 4.57. The van der Waals surface area contributed by atoms with Crippen molar-refractivity contribution in [3.8, 4) is 22.3 Å². The Balaban J connectivity index is 0.970. The molecule has 4 saturated carbocycles. The van der Waals surface area contributed by atoms with Crippen molar-refractivity contribution in [2.75, 3.05) is 4.90 Å². The van der Waals surface area contributed by atoms with Crippen LogP contribution in [0.15, 0.2) is 133 Å². The molecule has 5 aliphatic rings. The van der Waals surface area contributed by atoms with Crippen molar-refractivity contribution in [1.29, 1.82) is 0 Å². The van der Waals surface area contributed by atoms with E-state index in [1.807, 2.05) is 0 Å². The summed E-state index contributed by atoms with van der Waals surface area (Å²) in [4.78, 5) is 2.56. The Morgan fingerprint density at radius 1 is 0.366 bits per heavy atom. The molecule has 0 N–H and O–H groups in total. The first-order chi connectivity index (χ1) is 35.0. The van der Waals surface area contributed by atoms with Crippen molar-refractivity contribution in [3.63, 3.8) is 0 Å². The summed E-state index contributed by atoms with van der Waals surface area (Å²) < 4.78 is 0. The Kier molecular flexibility index (Phi) is 15.0. The fourth-order valence-electron chi connectivity index (χ4n) is 15.0. The van der Waals surface area contributed by atoms with E-state index in [0.717, 1.165) is 11.8 Å². The Bertz CT molecular complexity index is 2610. The molecule has 5 aliphatic carbocycles. The van der Waals surface area contributed by atoms with E-state index in [1.165, 1.54) is 221 Å². The molecule has 0 saturated heterocycles. The van der Waals surface area contributed by atoms with Gasteiger partial charge in [0, 0.05) is 22.5 Å². The van der Waals surface area contributed by atoms with Crippen LogP contribution in [0, 0.1) is 11.8 Å². The predicted octanol–water partition coefficient (Wildman–Crippen LogP) is 21.2. The van der Waals surface area contributed by atoms with E-state index in [-0.39, 0.29) is 5.41 Å².